The van der Waals surface area contributed by atoms with Crippen molar-refractivity contribution in [3.05, 3.63) is 66.1 Å². The van der Waals surface area contributed by atoms with Gasteiger partial charge in [-0.25, -0.2) is 4.98 Å². The summed E-state index contributed by atoms with van der Waals surface area (Å²) in [5.41, 5.74) is 12.7. The van der Waals surface area contributed by atoms with Crippen LogP contribution >= 0.6 is 0 Å². The van der Waals surface area contributed by atoms with Crippen molar-refractivity contribution in [3.8, 4) is 16.9 Å². The van der Waals surface area contributed by atoms with Crippen LogP contribution in [-0.4, -0.2) is 33.1 Å². The first-order valence-corrected chi connectivity index (χ1v) is 11.3. The number of nitrogens with zero attached hydrogens (tertiary/aromatic N) is 2. The fraction of sp³-hybridized carbons (Fsp3) is 0.231. The van der Waals surface area contributed by atoms with Crippen LogP contribution in [0.2, 0.25) is 0 Å². The zero-order chi connectivity index (χ0) is 22.8. The lowest BCUT2D eigenvalue weighted by Crippen LogP contribution is -2.09. The van der Waals surface area contributed by atoms with E-state index in [0.717, 1.165) is 58.4 Å². The predicted octanol–water partition coefficient (Wildman–Crippen LogP) is 5.44. The molecule has 0 saturated heterocycles. The number of hydrogen-bond acceptors (Lipinski definition) is 5. The highest BCUT2D eigenvalue weighted by Crippen LogP contribution is 2.28. The van der Waals surface area contributed by atoms with Crippen LogP contribution < -0.4 is 15.8 Å². The quantitative estimate of drug-likeness (QED) is 0.257. The number of aromatic nitrogens is 4. The Morgan fingerprint density at radius 3 is 2.82 bits per heavy atom. The molecule has 7 heteroatoms. The fourth-order valence-corrected chi connectivity index (χ4v) is 4.13. The lowest BCUT2D eigenvalue weighted by molar-refractivity contribution is 0.318. The minimum absolute atomic E-state index is 0.462. The van der Waals surface area contributed by atoms with Crippen LogP contribution in [0, 0.1) is 6.92 Å². The molecule has 0 aliphatic heterocycles. The van der Waals surface area contributed by atoms with Gasteiger partial charge >= 0.3 is 0 Å². The number of rotatable bonds is 8. The summed E-state index contributed by atoms with van der Waals surface area (Å²) in [6.45, 7) is 5.57. The fourth-order valence-electron chi connectivity index (χ4n) is 4.13. The first kappa shape index (κ1) is 20.9. The summed E-state index contributed by atoms with van der Waals surface area (Å²) in [4.78, 5) is 15.6. The Labute approximate surface area is 192 Å². The van der Waals surface area contributed by atoms with Crippen molar-refractivity contribution in [1.29, 1.82) is 0 Å². The molecule has 2 aromatic carbocycles. The van der Waals surface area contributed by atoms with E-state index in [4.69, 9.17) is 10.5 Å². The van der Waals surface area contributed by atoms with Crippen molar-refractivity contribution in [1.82, 2.24) is 19.9 Å². The molecule has 0 fully saturated rings. The van der Waals surface area contributed by atoms with Gasteiger partial charge < -0.3 is 25.8 Å². The molecule has 0 aliphatic rings. The number of ether oxygens (including phenoxy) is 1. The maximum absolute atomic E-state index is 6.28. The van der Waals surface area contributed by atoms with Crippen LogP contribution in [0.25, 0.3) is 32.9 Å². The van der Waals surface area contributed by atoms with E-state index in [0.29, 0.717) is 18.3 Å². The van der Waals surface area contributed by atoms with E-state index in [1.807, 2.05) is 25.3 Å². The van der Waals surface area contributed by atoms with Gasteiger partial charge in [0.2, 0.25) is 5.95 Å². The molecule has 0 aliphatic carbocycles. The lowest BCUT2D eigenvalue weighted by Gasteiger charge is -2.09. The van der Waals surface area contributed by atoms with Crippen LogP contribution in [0.4, 0.5) is 11.8 Å². The number of benzene rings is 2. The average molecular weight is 441 g/mol. The van der Waals surface area contributed by atoms with Crippen LogP contribution in [0.5, 0.6) is 5.75 Å². The smallest absolute Gasteiger partial charge is 0.224 e. The number of anilines is 2. The van der Waals surface area contributed by atoms with E-state index >= 15 is 0 Å². The van der Waals surface area contributed by atoms with E-state index in [1.54, 1.807) is 6.20 Å². The normalized spacial score (nSPS) is 11.3. The number of nitrogens with two attached hydrogens (primary N) is 1. The Kier molecular flexibility index (Phi) is 5.60. The Hall–Kier alpha value is -4.00. The molecule has 3 aromatic heterocycles. The predicted molar refractivity (Wildman–Crippen MR) is 135 cm³/mol. The summed E-state index contributed by atoms with van der Waals surface area (Å²) < 4.78 is 5.78. The molecule has 0 bridgehead atoms. The number of aromatic amines is 2. The van der Waals surface area contributed by atoms with Crippen molar-refractivity contribution < 1.29 is 4.74 Å². The monoisotopic (exact) mass is 440 g/mol. The number of hydrogen-bond donors (Lipinski definition) is 4. The molecular formula is C26H28N6O. The topological polar surface area (TPSA) is 105 Å². The van der Waals surface area contributed by atoms with Gasteiger partial charge in [0, 0.05) is 52.0 Å². The second-order valence-corrected chi connectivity index (χ2v) is 8.29. The van der Waals surface area contributed by atoms with Crippen molar-refractivity contribution in [2.75, 3.05) is 24.2 Å². The van der Waals surface area contributed by atoms with Gasteiger partial charge in [-0.2, -0.15) is 4.98 Å². The van der Waals surface area contributed by atoms with Crippen molar-refractivity contribution in [2.45, 2.75) is 26.7 Å². The highest BCUT2D eigenvalue weighted by molar-refractivity contribution is 5.88. The van der Waals surface area contributed by atoms with Gasteiger partial charge in [-0.3, -0.25) is 0 Å². The van der Waals surface area contributed by atoms with E-state index in [9.17, 15) is 0 Å². The molecule has 0 radical (unpaired) electrons. The Balaban J connectivity index is 1.27. The van der Waals surface area contributed by atoms with Gasteiger partial charge in [-0.1, -0.05) is 13.0 Å². The van der Waals surface area contributed by atoms with Crippen LogP contribution in [0.1, 0.15) is 24.6 Å². The van der Waals surface area contributed by atoms with Crippen LogP contribution in [0.3, 0.4) is 0 Å². The molecule has 0 saturated carbocycles. The first-order valence-electron chi connectivity index (χ1n) is 11.3. The summed E-state index contributed by atoms with van der Waals surface area (Å²) in [5.74, 6) is 1.89. The summed E-state index contributed by atoms with van der Waals surface area (Å²) in [6, 6.07) is 14.5. The third-order valence-electron chi connectivity index (χ3n) is 5.77. The zero-order valence-corrected chi connectivity index (χ0v) is 18.9. The lowest BCUT2D eigenvalue weighted by atomic mass is 10.1. The van der Waals surface area contributed by atoms with Crippen LogP contribution in [-0.2, 0) is 6.42 Å². The maximum Gasteiger partial charge on any atom is 0.224 e. The molecule has 3 heterocycles. The highest BCUT2D eigenvalue weighted by atomic mass is 16.5. The largest absolute Gasteiger partial charge is 0.494 e. The third kappa shape index (κ3) is 4.35. The summed E-state index contributed by atoms with van der Waals surface area (Å²) in [5, 5.41) is 5.62. The molecule has 0 spiro atoms. The molecule has 5 aromatic rings. The molecule has 168 valence electrons. The van der Waals surface area contributed by atoms with E-state index in [-0.39, 0.29) is 0 Å². The van der Waals surface area contributed by atoms with Gasteiger partial charge in [0.25, 0.3) is 0 Å². The standard InChI is InChI=1S/C26H28N6O/c1-3-10-33-20-5-7-24-21(13-20)18(14-29-24)8-9-28-26-30-15-22(25(27)32-26)17-4-6-23-19(12-17)11-16(2)31-23/h4-7,11-15,29,31H,3,8-10H2,1-2H3,(H3,27,28,30,32). The second-order valence-electron chi connectivity index (χ2n) is 8.29. The second kappa shape index (κ2) is 8.86. The molecule has 5 rings (SSSR count). The van der Waals surface area contributed by atoms with Crippen molar-refractivity contribution >= 4 is 33.6 Å². The Morgan fingerprint density at radius 1 is 1.09 bits per heavy atom. The van der Waals surface area contributed by atoms with E-state index < -0.39 is 0 Å². The number of H-pyrrole nitrogens is 2. The van der Waals surface area contributed by atoms with E-state index in [1.165, 1.54) is 10.9 Å². The molecule has 7 nitrogen and oxygen atoms in total. The molecular weight excluding hydrogens is 412 g/mol. The summed E-state index contributed by atoms with van der Waals surface area (Å²) in [6.07, 6.45) is 5.65. The van der Waals surface area contributed by atoms with Gasteiger partial charge in [0.05, 0.1) is 6.61 Å². The van der Waals surface area contributed by atoms with Gasteiger partial charge in [0.1, 0.15) is 11.6 Å². The van der Waals surface area contributed by atoms with Gasteiger partial charge in [-0.15, -0.1) is 0 Å². The number of nitrogen functional groups attached to an aromatic ring is 1. The molecule has 0 unspecified atom stereocenters. The molecule has 0 amide bonds. The third-order valence-corrected chi connectivity index (χ3v) is 5.77. The average Bonchev–Trinajstić information content (AvgIpc) is 3.39. The number of aryl methyl sites for hydroxylation is 1. The van der Waals surface area contributed by atoms with Gasteiger partial charge in [-0.05, 0) is 67.3 Å². The number of fused-ring (bicyclic) bond motifs is 2. The number of nitrogens with one attached hydrogen (secondary N) is 3. The van der Waals surface area contributed by atoms with Gasteiger partial charge in [0.15, 0.2) is 0 Å². The molecule has 33 heavy (non-hydrogen) atoms. The maximum atomic E-state index is 6.28. The Bertz CT molecular complexity index is 1420. The molecule has 0 atom stereocenters. The Morgan fingerprint density at radius 2 is 1.97 bits per heavy atom. The molecule has 5 N–H and O–H groups in total. The summed E-state index contributed by atoms with van der Waals surface area (Å²) >= 11 is 0. The minimum Gasteiger partial charge on any atom is -0.494 e. The van der Waals surface area contributed by atoms with Crippen LogP contribution in [0.15, 0.2) is 54.9 Å². The minimum atomic E-state index is 0.462. The zero-order valence-electron chi connectivity index (χ0n) is 18.9. The van der Waals surface area contributed by atoms with Crippen molar-refractivity contribution in [2.24, 2.45) is 0 Å². The van der Waals surface area contributed by atoms with E-state index in [2.05, 4.69) is 62.5 Å². The SMILES string of the molecule is CCCOc1ccc2[nH]cc(CCNc3ncc(-c4ccc5[nH]c(C)cc5c4)c(N)n3)c2c1. The highest BCUT2D eigenvalue weighted by Gasteiger charge is 2.10. The first-order chi connectivity index (χ1) is 16.1. The summed E-state index contributed by atoms with van der Waals surface area (Å²) in [7, 11) is 0. The van der Waals surface area contributed by atoms with Crippen molar-refractivity contribution in [3.63, 3.8) is 0 Å².